The van der Waals surface area contributed by atoms with Crippen LogP contribution >= 0.6 is 11.3 Å². The van der Waals surface area contributed by atoms with Crippen LogP contribution < -0.4 is 10.6 Å². The summed E-state index contributed by atoms with van der Waals surface area (Å²) >= 11 is 1.62. The Morgan fingerprint density at radius 2 is 2.38 bits per heavy atom. The Labute approximate surface area is 80.6 Å². The van der Waals surface area contributed by atoms with Crippen molar-refractivity contribution in [3.05, 3.63) is 17.3 Å². The minimum atomic E-state index is 0.519. The Balaban J connectivity index is 2.67. The fourth-order valence-corrected chi connectivity index (χ4v) is 2.10. The molecule has 0 fully saturated rings. The number of fused-ring (bicyclic) bond motifs is 1. The van der Waals surface area contributed by atoms with Crippen LogP contribution in [0.25, 0.3) is 4.96 Å². The third kappa shape index (κ3) is 1.20. The second-order valence-electron chi connectivity index (χ2n) is 3.04. The highest BCUT2D eigenvalue weighted by Crippen LogP contribution is 2.22. The summed E-state index contributed by atoms with van der Waals surface area (Å²) in [6, 6.07) is 0. The van der Waals surface area contributed by atoms with Gasteiger partial charge >= 0.3 is 0 Å². The van der Waals surface area contributed by atoms with Gasteiger partial charge in [-0.05, 0) is 0 Å². The molecule has 2 heterocycles. The summed E-state index contributed by atoms with van der Waals surface area (Å²) < 4.78 is 2.04. The molecule has 5 heteroatoms. The maximum Gasteiger partial charge on any atom is 0.195 e. The number of hydrogen-bond donors (Lipinski definition) is 1. The molecule has 13 heavy (non-hydrogen) atoms. The molecule has 0 saturated heterocycles. The van der Waals surface area contributed by atoms with E-state index < -0.39 is 0 Å². The molecule has 2 rings (SSSR count). The molecule has 0 bridgehead atoms. The number of imidazole rings is 1. The minimum Gasteiger partial charge on any atom is -0.361 e. The second kappa shape index (κ2) is 3.01. The molecular weight excluding hydrogens is 184 g/mol. The molecule has 2 N–H and O–H groups in total. The molecule has 0 amide bonds. The van der Waals surface area contributed by atoms with Crippen LogP contribution in [0.3, 0.4) is 0 Å². The van der Waals surface area contributed by atoms with Crippen LogP contribution in [0.5, 0.6) is 0 Å². The Morgan fingerprint density at radius 1 is 1.62 bits per heavy atom. The Bertz CT molecular complexity index is 415. The van der Waals surface area contributed by atoms with Crippen molar-refractivity contribution in [1.82, 2.24) is 9.38 Å². The number of hydrogen-bond acceptors (Lipinski definition) is 4. The van der Waals surface area contributed by atoms with E-state index in [1.54, 1.807) is 11.3 Å². The zero-order chi connectivity index (χ0) is 9.42. The van der Waals surface area contributed by atoms with Crippen molar-refractivity contribution >= 4 is 22.1 Å². The second-order valence-corrected chi connectivity index (χ2v) is 3.91. The van der Waals surface area contributed by atoms with E-state index in [2.05, 4.69) is 4.98 Å². The summed E-state index contributed by atoms with van der Waals surface area (Å²) in [5.41, 5.74) is 6.75. The summed E-state index contributed by atoms with van der Waals surface area (Å²) in [5.74, 6) is 0.967. The van der Waals surface area contributed by atoms with E-state index in [-0.39, 0.29) is 0 Å². The summed E-state index contributed by atoms with van der Waals surface area (Å²) in [7, 11) is 3.96. The van der Waals surface area contributed by atoms with Gasteiger partial charge in [-0.25, -0.2) is 4.98 Å². The van der Waals surface area contributed by atoms with Gasteiger partial charge in [-0.15, -0.1) is 11.3 Å². The molecule has 0 spiro atoms. The molecule has 0 radical (unpaired) electrons. The molecule has 0 saturated carbocycles. The maximum absolute atomic E-state index is 5.68. The van der Waals surface area contributed by atoms with E-state index in [1.807, 2.05) is 35.0 Å². The first-order valence-corrected chi connectivity index (χ1v) is 4.94. The highest BCUT2D eigenvalue weighted by atomic mass is 32.1. The molecule has 2 aromatic heterocycles. The van der Waals surface area contributed by atoms with E-state index in [9.17, 15) is 0 Å². The van der Waals surface area contributed by atoms with Crippen molar-refractivity contribution in [1.29, 1.82) is 0 Å². The zero-order valence-electron chi connectivity index (χ0n) is 7.69. The summed E-state index contributed by atoms with van der Waals surface area (Å²) in [6.07, 6.45) is 2.00. The van der Waals surface area contributed by atoms with Crippen molar-refractivity contribution in [3.8, 4) is 0 Å². The topological polar surface area (TPSA) is 46.6 Å². The zero-order valence-corrected chi connectivity index (χ0v) is 8.51. The van der Waals surface area contributed by atoms with Crippen molar-refractivity contribution in [2.45, 2.75) is 6.54 Å². The first-order chi connectivity index (χ1) is 6.24. The number of anilines is 1. The molecule has 0 aliphatic heterocycles. The Kier molecular flexibility index (Phi) is 1.97. The lowest BCUT2D eigenvalue weighted by atomic mass is 10.4. The SMILES string of the molecule is CN(C)c1nc2sccn2c1CN. The van der Waals surface area contributed by atoms with E-state index in [1.165, 1.54) is 0 Å². The molecular formula is C8H12N4S. The molecule has 4 nitrogen and oxygen atoms in total. The molecule has 0 unspecified atom stereocenters. The monoisotopic (exact) mass is 196 g/mol. The third-order valence-electron chi connectivity index (χ3n) is 1.96. The number of nitrogens with zero attached hydrogens (tertiary/aromatic N) is 3. The van der Waals surface area contributed by atoms with Gasteiger partial charge in [-0.2, -0.15) is 0 Å². The quantitative estimate of drug-likeness (QED) is 0.777. The van der Waals surface area contributed by atoms with E-state index in [0.717, 1.165) is 16.5 Å². The molecule has 0 aromatic carbocycles. The minimum absolute atomic E-state index is 0.519. The van der Waals surface area contributed by atoms with Gasteiger partial charge in [-0.1, -0.05) is 0 Å². The predicted octanol–water partition coefficient (Wildman–Crippen LogP) is 0.920. The standard InChI is InChI=1S/C8H12N4S/c1-11(2)7-6(5-9)12-3-4-13-8(12)10-7/h3-4H,5,9H2,1-2H3. The molecule has 2 aromatic rings. The number of aromatic nitrogens is 2. The highest BCUT2D eigenvalue weighted by molar-refractivity contribution is 7.15. The number of thiazole rings is 1. The van der Waals surface area contributed by atoms with Crippen molar-refractivity contribution in [3.63, 3.8) is 0 Å². The average Bonchev–Trinajstić information content (AvgIpc) is 2.60. The normalized spacial score (nSPS) is 11.0. The van der Waals surface area contributed by atoms with Crippen LogP contribution in [0.4, 0.5) is 5.82 Å². The first-order valence-electron chi connectivity index (χ1n) is 4.06. The fraction of sp³-hybridized carbons (Fsp3) is 0.375. The van der Waals surface area contributed by atoms with Crippen LogP contribution in [-0.4, -0.2) is 23.5 Å². The lowest BCUT2D eigenvalue weighted by Gasteiger charge is -2.10. The van der Waals surface area contributed by atoms with Gasteiger partial charge in [0.1, 0.15) is 0 Å². The van der Waals surface area contributed by atoms with Gasteiger partial charge in [0.15, 0.2) is 10.8 Å². The van der Waals surface area contributed by atoms with Gasteiger partial charge in [0, 0.05) is 32.2 Å². The highest BCUT2D eigenvalue weighted by Gasteiger charge is 2.12. The van der Waals surface area contributed by atoms with Gasteiger partial charge < -0.3 is 10.6 Å². The van der Waals surface area contributed by atoms with E-state index in [4.69, 9.17) is 5.73 Å². The number of nitrogens with two attached hydrogens (primary N) is 1. The smallest absolute Gasteiger partial charge is 0.195 e. The van der Waals surface area contributed by atoms with Crippen LogP contribution in [0.1, 0.15) is 5.69 Å². The van der Waals surface area contributed by atoms with Crippen LogP contribution in [0.15, 0.2) is 11.6 Å². The van der Waals surface area contributed by atoms with Crippen LogP contribution in [-0.2, 0) is 6.54 Å². The molecule has 0 aliphatic rings. The lowest BCUT2D eigenvalue weighted by molar-refractivity contribution is 0.945. The fourth-order valence-electron chi connectivity index (χ4n) is 1.37. The molecule has 0 atom stereocenters. The lowest BCUT2D eigenvalue weighted by Crippen LogP contribution is -2.13. The van der Waals surface area contributed by atoms with Crippen LogP contribution in [0.2, 0.25) is 0 Å². The summed E-state index contributed by atoms with van der Waals surface area (Å²) in [6.45, 7) is 0.519. The van der Waals surface area contributed by atoms with Gasteiger partial charge in [0.25, 0.3) is 0 Å². The summed E-state index contributed by atoms with van der Waals surface area (Å²) in [4.78, 5) is 7.46. The van der Waals surface area contributed by atoms with Crippen LogP contribution in [0, 0.1) is 0 Å². The van der Waals surface area contributed by atoms with Crippen molar-refractivity contribution in [2.75, 3.05) is 19.0 Å². The summed E-state index contributed by atoms with van der Waals surface area (Å²) in [5, 5.41) is 2.01. The van der Waals surface area contributed by atoms with E-state index >= 15 is 0 Å². The van der Waals surface area contributed by atoms with Gasteiger partial charge in [0.05, 0.1) is 5.69 Å². The number of rotatable bonds is 2. The van der Waals surface area contributed by atoms with Crippen molar-refractivity contribution < 1.29 is 0 Å². The molecule has 70 valence electrons. The van der Waals surface area contributed by atoms with E-state index in [0.29, 0.717) is 6.54 Å². The first kappa shape index (κ1) is 8.52. The van der Waals surface area contributed by atoms with Gasteiger partial charge in [0.2, 0.25) is 0 Å². The maximum atomic E-state index is 5.68. The average molecular weight is 196 g/mol. The third-order valence-corrected chi connectivity index (χ3v) is 2.71. The van der Waals surface area contributed by atoms with Gasteiger partial charge in [-0.3, -0.25) is 4.40 Å². The molecule has 0 aliphatic carbocycles. The Hall–Kier alpha value is -1.07. The Morgan fingerprint density at radius 3 is 3.00 bits per heavy atom. The van der Waals surface area contributed by atoms with Crippen molar-refractivity contribution in [2.24, 2.45) is 5.73 Å². The largest absolute Gasteiger partial charge is 0.361 e. The predicted molar refractivity (Wildman–Crippen MR) is 55.3 cm³/mol.